The van der Waals surface area contributed by atoms with E-state index in [0.29, 0.717) is 16.7 Å². The number of aromatic nitrogens is 3. The first-order valence-corrected chi connectivity index (χ1v) is 11.1. The SMILES string of the molecule is O=C(CSc1nnc(CNC(=O)c2ccco2)n1-c1ccccc1)Nc1cccc(C(=O)O)c1. The van der Waals surface area contributed by atoms with Crippen LogP contribution in [0.2, 0.25) is 0 Å². The molecule has 0 aliphatic rings. The number of anilines is 1. The minimum absolute atomic E-state index is 0.0149. The monoisotopic (exact) mass is 477 g/mol. The van der Waals surface area contributed by atoms with Crippen LogP contribution in [-0.2, 0) is 11.3 Å². The Hall–Kier alpha value is -4.38. The van der Waals surface area contributed by atoms with Crippen molar-refractivity contribution in [2.24, 2.45) is 0 Å². The van der Waals surface area contributed by atoms with Crippen molar-refractivity contribution in [3.8, 4) is 5.69 Å². The van der Waals surface area contributed by atoms with Crippen molar-refractivity contribution in [2.75, 3.05) is 11.1 Å². The first-order valence-electron chi connectivity index (χ1n) is 10.1. The van der Waals surface area contributed by atoms with Crippen LogP contribution in [0.5, 0.6) is 0 Å². The maximum absolute atomic E-state index is 12.5. The van der Waals surface area contributed by atoms with Crippen LogP contribution in [0.1, 0.15) is 26.7 Å². The molecule has 0 saturated heterocycles. The highest BCUT2D eigenvalue weighted by molar-refractivity contribution is 7.99. The van der Waals surface area contributed by atoms with Crippen molar-refractivity contribution in [2.45, 2.75) is 11.7 Å². The number of carbonyl (C=O) groups is 3. The van der Waals surface area contributed by atoms with Gasteiger partial charge in [-0.05, 0) is 42.5 Å². The average molecular weight is 478 g/mol. The Bertz CT molecular complexity index is 1300. The Balaban J connectivity index is 1.47. The van der Waals surface area contributed by atoms with E-state index in [1.807, 2.05) is 30.3 Å². The van der Waals surface area contributed by atoms with Gasteiger partial charge in [-0.2, -0.15) is 0 Å². The quantitative estimate of drug-likeness (QED) is 0.312. The van der Waals surface area contributed by atoms with E-state index >= 15 is 0 Å². The Morgan fingerprint density at radius 3 is 2.56 bits per heavy atom. The van der Waals surface area contributed by atoms with Gasteiger partial charge >= 0.3 is 5.97 Å². The zero-order valence-electron chi connectivity index (χ0n) is 17.7. The fourth-order valence-corrected chi connectivity index (χ4v) is 3.83. The van der Waals surface area contributed by atoms with Gasteiger partial charge in [0.25, 0.3) is 5.91 Å². The number of para-hydroxylation sites is 1. The number of thioether (sulfide) groups is 1. The Labute approximate surface area is 198 Å². The van der Waals surface area contributed by atoms with Gasteiger partial charge in [0, 0.05) is 11.4 Å². The van der Waals surface area contributed by atoms with E-state index in [9.17, 15) is 14.4 Å². The molecular weight excluding hydrogens is 458 g/mol. The number of hydrogen-bond donors (Lipinski definition) is 3. The topological polar surface area (TPSA) is 139 Å². The van der Waals surface area contributed by atoms with Crippen LogP contribution < -0.4 is 10.6 Å². The van der Waals surface area contributed by atoms with E-state index in [1.54, 1.807) is 28.8 Å². The summed E-state index contributed by atoms with van der Waals surface area (Å²) >= 11 is 1.16. The standard InChI is InChI=1S/C23H19N5O5S/c29-20(25-16-7-4-6-15(12-16)22(31)32)14-34-23-27-26-19(28(23)17-8-2-1-3-9-17)13-24-21(30)18-10-5-11-33-18/h1-12H,13-14H2,(H,24,30)(H,25,29)(H,31,32). The van der Waals surface area contributed by atoms with E-state index < -0.39 is 5.97 Å². The smallest absolute Gasteiger partial charge is 0.335 e. The molecule has 2 aromatic carbocycles. The third kappa shape index (κ3) is 5.51. The van der Waals surface area contributed by atoms with Gasteiger partial charge in [0.05, 0.1) is 24.1 Å². The summed E-state index contributed by atoms with van der Waals surface area (Å²) in [6, 6.07) is 18.5. The summed E-state index contributed by atoms with van der Waals surface area (Å²) in [7, 11) is 0. The van der Waals surface area contributed by atoms with Gasteiger partial charge in [0.1, 0.15) is 0 Å². The number of benzene rings is 2. The second-order valence-corrected chi connectivity index (χ2v) is 7.90. The molecule has 0 fully saturated rings. The molecule has 2 amide bonds. The highest BCUT2D eigenvalue weighted by Gasteiger charge is 2.18. The van der Waals surface area contributed by atoms with E-state index in [1.165, 1.54) is 18.4 Å². The summed E-state index contributed by atoms with van der Waals surface area (Å²) in [6.07, 6.45) is 1.42. The molecule has 34 heavy (non-hydrogen) atoms. The molecule has 0 aliphatic carbocycles. The molecule has 0 aliphatic heterocycles. The predicted octanol–water partition coefficient (Wildman–Crippen LogP) is 3.22. The lowest BCUT2D eigenvalue weighted by molar-refractivity contribution is -0.113. The lowest BCUT2D eigenvalue weighted by atomic mass is 10.2. The summed E-state index contributed by atoms with van der Waals surface area (Å²) in [6.45, 7) is 0.0934. The van der Waals surface area contributed by atoms with Crippen molar-refractivity contribution in [1.29, 1.82) is 0 Å². The van der Waals surface area contributed by atoms with E-state index in [2.05, 4.69) is 20.8 Å². The second-order valence-electron chi connectivity index (χ2n) is 6.95. The van der Waals surface area contributed by atoms with Crippen LogP contribution in [0.15, 0.2) is 82.6 Å². The van der Waals surface area contributed by atoms with Gasteiger partial charge < -0.3 is 20.2 Å². The number of carbonyl (C=O) groups excluding carboxylic acids is 2. The molecule has 0 spiro atoms. The number of aromatic carboxylic acids is 1. The summed E-state index contributed by atoms with van der Waals surface area (Å²) in [5.41, 5.74) is 1.23. The third-order valence-electron chi connectivity index (χ3n) is 4.59. The molecule has 0 saturated carbocycles. The molecule has 10 nitrogen and oxygen atoms in total. The molecule has 0 radical (unpaired) electrons. The van der Waals surface area contributed by atoms with Gasteiger partial charge in [0.15, 0.2) is 16.7 Å². The molecule has 172 valence electrons. The van der Waals surface area contributed by atoms with Crippen LogP contribution in [0, 0.1) is 0 Å². The number of hydrogen-bond acceptors (Lipinski definition) is 7. The van der Waals surface area contributed by atoms with Crippen LogP contribution >= 0.6 is 11.8 Å². The fraction of sp³-hybridized carbons (Fsp3) is 0.0870. The van der Waals surface area contributed by atoms with Gasteiger partial charge in [-0.15, -0.1) is 10.2 Å². The molecule has 4 rings (SSSR count). The molecule has 11 heteroatoms. The minimum atomic E-state index is -1.08. The van der Waals surface area contributed by atoms with Crippen molar-refractivity contribution < 1.29 is 23.9 Å². The highest BCUT2D eigenvalue weighted by atomic mass is 32.2. The zero-order chi connectivity index (χ0) is 23.9. The minimum Gasteiger partial charge on any atom is -0.478 e. The molecule has 2 aromatic heterocycles. The number of amides is 2. The zero-order valence-corrected chi connectivity index (χ0v) is 18.5. The molecule has 4 aromatic rings. The lowest BCUT2D eigenvalue weighted by Crippen LogP contribution is -2.24. The van der Waals surface area contributed by atoms with E-state index in [0.717, 1.165) is 17.4 Å². The first-order chi connectivity index (χ1) is 16.5. The average Bonchev–Trinajstić information content (AvgIpc) is 3.52. The fourth-order valence-electron chi connectivity index (χ4n) is 3.06. The predicted molar refractivity (Wildman–Crippen MR) is 124 cm³/mol. The highest BCUT2D eigenvalue weighted by Crippen LogP contribution is 2.22. The van der Waals surface area contributed by atoms with Crippen LogP contribution in [-0.4, -0.2) is 43.4 Å². The number of furan rings is 1. The number of carboxylic acids is 1. The molecule has 2 heterocycles. The van der Waals surface area contributed by atoms with Crippen LogP contribution in [0.4, 0.5) is 5.69 Å². The molecular formula is C23H19N5O5S. The second kappa shape index (κ2) is 10.5. The number of carboxylic acid groups (broad SMARTS) is 1. The Kier molecular flexibility index (Phi) is 7.04. The van der Waals surface area contributed by atoms with Crippen molar-refractivity contribution >= 4 is 35.2 Å². The first kappa shape index (κ1) is 22.8. The van der Waals surface area contributed by atoms with Crippen molar-refractivity contribution in [1.82, 2.24) is 20.1 Å². The van der Waals surface area contributed by atoms with E-state index in [-0.39, 0.29) is 35.4 Å². The lowest BCUT2D eigenvalue weighted by Gasteiger charge is -2.11. The largest absolute Gasteiger partial charge is 0.478 e. The normalized spacial score (nSPS) is 10.6. The number of nitrogens with zero attached hydrogens (tertiary/aromatic N) is 3. The van der Waals surface area contributed by atoms with Gasteiger partial charge in [-0.1, -0.05) is 36.0 Å². The Morgan fingerprint density at radius 2 is 1.82 bits per heavy atom. The third-order valence-corrected chi connectivity index (χ3v) is 5.52. The van der Waals surface area contributed by atoms with Crippen molar-refractivity contribution in [3.63, 3.8) is 0 Å². The van der Waals surface area contributed by atoms with Gasteiger partial charge in [-0.25, -0.2) is 4.79 Å². The van der Waals surface area contributed by atoms with Gasteiger partial charge in [0.2, 0.25) is 5.91 Å². The molecule has 0 atom stereocenters. The Morgan fingerprint density at radius 1 is 1.00 bits per heavy atom. The summed E-state index contributed by atoms with van der Waals surface area (Å²) in [5.74, 6) is -1.12. The number of rotatable bonds is 9. The summed E-state index contributed by atoms with van der Waals surface area (Å²) in [4.78, 5) is 35.8. The summed E-state index contributed by atoms with van der Waals surface area (Å²) in [5, 5.41) is 23.4. The van der Waals surface area contributed by atoms with Gasteiger partial charge in [-0.3, -0.25) is 14.2 Å². The molecule has 0 unspecified atom stereocenters. The molecule has 0 bridgehead atoms. The van der Waals surface area contributed by atoms with Crippen LogP contribution in [0.25, 0.3) is 5.69 Å². The number of nitrogens with one attached hydrogen (secondary N) is 2. The maximum atomic E-state index is 12.5. The van der Waals surface area contributed by atoms with Crippen molar-refractivity contribution in [3.05, 3.63) is 90.1 Å². The van der Waals surface area contributed by atoms with E-state index in [4.69, 9.17) is 9.52 Å². The summed E-state index contributed by atoms with van der Waals surface area (Å²) < 4.78 is 6.86. The van der Waals surface area contributed by atoms with Crippen LogP contribution in [0.3, 0.4) is 0 Å². The molecule has 3 N–H and O–H groups in total. The maximum Gasteiger partial charge on any atom is 0.335 e.